The Kier molecular flexibility index (Phi) is 2.93. The van der Waals surface area contributed by atoms with Gasteiger partial charge in [0.05, 0.1) is 6.10 Å². The van der Waals surface area contributed by atoms with E-state index in [2.05, 4.69) is 0 Å². The summed E-state index contributed by atoms with van der Waals surface area (Å²) in [6.45, 7) is 1.74. The molecule has 2 aromatic rings. The molecule has 1 unspecified atom stereocenters. The fourth-order valence-corrected chi connectivity index (χ4v) is 1.80. The molecule has 2 rings (SSSR count). The number of hydrogen-bond donors (Lipinski definition) is 2. The van der Waals surface area contributed by atoms with E-state index in [1.165, 1.54) is 0 Å². The molecular formula is C14H14O2. The monoisotopic (exact) mass is 214 g/mol. The summed E-state index contributed by atoms with van der Waals surface area (Å²) in [5.74, 6) is 0.234. The Balaban J connectivity index is 2.55. The van der Waals surface area contributed by atoms with Crippen LogP contribution in [0.3, 0.4) is 0 Å². The van der Waals surface area contributed by atoms with Crippen LogP contribution in [0.15, 0.2) is 48.5 Å². The van der Waals surface area contributed by atoms with Gasteiger partial charge in [0.2, 0.25) is 0 Å². The third-order valence-corrected chi connectivity index (χ3v) is 2.57. The van der Waals surface area contributed by atoms with Gasteiger partial charge in [-0.2, -0.15) is 0 Å². The number of phenolic OH excluding ortho intramolecular Hbond substituents is 1. The fraction of sp³-hybridized carbons (Fsp3) is 0.143. The minimum Gasteiger partial charge on any atom is -0.508 e. The van der Waals surface area contributed by atoms with Crippen molar-refractivity contribution in [2.45, 2.75) is 13.0 Å². The van der Waals surface area contributed by atoms with Gasteiger partial charge in [0.15, 0.2) is 0 Å². The number of benzene rings is 2. The first-order chi connectivity index (χ1) is 7.68. The molecule has 16 heavy (non-hydrogen) atoms. The third kappa shape index (κ3) is 2.07. The van der Waals surface area contributed by atoms with Crippen LogP contribution >= 0.6 is 0 Å². The molecule has 0 aliphatic carbocycles. The van der Waals surface area contributed by atoms with Gasteiger partial charge >= 0.3 is 0 Å². The van der Waals surface area contributed by atoms with Crippen molar-refractivity contribution in [3.05, 3.63) is 54.1 Å². The average molecular weight is 214 g/mol. The molecule has 0 saturated carbocycles. The zero-order chi connectivity index (χ0) is 11.5. The molecule has 2 nitrogen and oxygen atoms in total. The van der Waals surface area contributed by atoms with E-state index in [9.17, 15) is 10.2 Å². The van der Waals surface area contributed by atoms with Crippen LogP contribution in [0.5, 0.6) is 5.75 Å². The van der Waals surface area contributed by atoms with Gasteiger partial charge in [-0.15, -0.1) is 0 Å². The fourth-order valence-electron chi connectivity index (χ4n) is 1.80. The molecule has 0 aliphatic rings. The van der Waals surface area contributed by atoms with Crippen molar-refractivity contribution in [1.82, 2.24) is 0 Å². The summed E-state index contributed by atoms with van der Waals surface area (Å²) in [6.07, 6.45) is -0.515. The predicted octanol–water partition coefficient (Wildman–Crippen LogP) is 3.11. The van der Waals surface area contributed by atoms with Gasteiger partial charge in [-0.3, -0.25) is 0 Å². The highest BCUT2D eigenvalue weighted by molar-refractivity contribution is 5.68. The quantitative estimate of drug-likeness (QED) is 0.806. The largest absolute Gasteiger partial charge is 0.508 e. The van der Waals surface area contributed by atoms with Crippen molar-refractivity contribution < 1.29 is 10.2 Å². The van der Waals surface area contributed by atoms with Gasteiger partial charge in [-0.25, -0.2) is 0 Å². The van der Waals surface area contributed by atoms with Gasteiger partial charge in [0.1, 0.15) is 5.75 Å². The van der Waals surface area contributed by atoms with Crippen molar-refractivity contribution in [3.63, 3.8) is 0 Å². The lowest BCUT2D eigenvalue weighted by molar-refractivity contribution is 0.200. The Labute approximate surface area is 94.8 Å². The van der Waals surface area contributed by atoms with Gasteiger partial charge in [0, 0.05) is 0 Å². The maximum Gasteiger partial charge on any atom is 0.116 e. The minimum absolute atomic E-state index is 0.234. The molecule has 0 aliphatic heterocycles. The Bertz CT molecular complexity index is 490. The molecule has 82 valence electrons. The van der Waals surface area contributed by atoms with E-state index in [1.807, 2.05) is 30.3 Å². The van der Waals surface area contributed by atoms with Crippen LogP contribution in [0, 0.1) is 0 Å². The smallest absolute Gasteiger partial charge is 0.116 e. The van der Waals surface area contributed by atoms with Crippen molar-refractivity contribution >= 4 is 0 Å². The molecule has 0 heterocycles. The topological polar surface area (TPSA) is 40.5 Å². The van der Waals surface area contributed by atoms with Crippen LogP contribution in [0.1, 0.15) is 18.6 Å². The zero-order valence-electron chi connectivity index (χ0n) is 9.09. The van der Waals surface area contributed by atoms with Crippen LogP contribution in [-0.4, -0.2) is 10.2 Å². The number of phenols is 1. The molecule has 0 saturated heterocycles. The molecule has 0 fully saturated rings. The maximum atomic E-state index is 9.67. The predicted molar refractivity (Wildman–Crippen MR) is 64.2 cm³/mol. The Morgan fingerprint density at radius 1 is 1.00 bits per heavy atom. The minimum atomic E-state index is -0.515. The number of aliphatic hydroxyl groups is 1. The summed E-state index contributed by atoms with van der Waals surface area (Å²) in [6, 6.07) is 14.7. The normalized spacial score (nSPS) is 12.4. The van der Waals surface area contributed by atoms with Gasteiger partial charge in [-0.1, -0.05) is 36.4 Å². The first-order valence-electron chi connectivity index (χ1n) is 5.25. The van der Waals surface area contributed by atoms with E-state index in [4.69, 9.17) is 0 Å². The van der Waals surface area contributed by atoms with Gasteiger partial charge in [0.25, 0.3) is 0 Å². The summed E-state index contributed by atoms with van der Waals surface area (Å²) in [4.78, 5) is 0. The maximum absolute atomic E-state index is 9.67. The second kappa shape index (κ2) is 4.37. The molecule has 2 heteroatoms. The molecule has 0 spiro atoms. The number of aromatic hydroxyl groups is 1. The van der Waals surface area contributed by atoms with Crippen molar-refractivity contribution in [2.75, 3.05) is 0 Å². The van der Waals surface area contributed by atoms with E-state index in [-0.39, 0.29) is 5.75 Å². The number of hydrogen-bond acceptors (Lipinski definition) is 2. The van der Waals surface area contributed by atoms with E-state index in [0.29, 0.717) is 0 Å². The van der Waals surface area contributed by atoms with Crippen molar-refractivity contribution in [1.29, 1.82) is 0 Å². The second-order valence-electron chi connectivity index (χ2n) is 3.81. The molecule has 1 atom stereocenters. The van der Waals surface area contributed by atoms with E-state index in [0.717, 1.165) is 16.7 Å². The van der Waals surface area contributed by atoms with Crippen LogP contribution in [0.25, 0.3) is 11.1 Å². The molecule has 0 amide bonds. The van der Waals surface area contributed by atoms with Crippen molar-refractivity contribution in [2.24, 2.45) is 0 Å². The summed E-state index contributed by atoms with van der Waals surface area (Å²) in [5, 5.41) is 19.1. The standard InChI is InChI=1S/C14H14O2/c1-10(15)13-7-2-3-8-14(13)11-5-4-6-12(16)9-11/h2-10,15-16H,1H3. The van der Waals surface area contributed by atoms with Crippen molar-refractivity contribution in [3.8, 4) is 16.9 Å². The second-order valence-corrected chi connectivity index (χ2v) is 3.81. The van der Waals surface area contributed by atoms with Crippen LogP contribution < -0.4 is 0 Å². The summed E-state index contributed by atoms with van der Waals surface area (Å²) < 4.78 is 0. The first kappa shape index (κ1) is 10.7. The Morgan fingerprint density at radius 3 is 2.44 bits per heavy atom. The highest BCUT2D eigenvalue weighted by atomic mass is 16.3. The SMILES string of the molecule is CC(O)c1ccccc1-c1cccc(O)c1. The number of aliphatic hydroxyl groups excluding tert-OH is 1. The highest BCUT2D eigenvalue weighted by Crippen LogP contribution is 2.29. The molecule has 2 aromatic carbocycles. The summed E-state index contributed by atoms with van der Waals surface area (Å²) in [7, 11) is 0. The van der Waals surface area contributed by atoms with Crippen LogP contribution in [0.2, 0.25) is 0 Å². The molecular weight excluding hydrogens is 200 g/mol. The van der Waals surface area contributed by atoms with Crippen LogP contribution in [0.4, 0.5) is 0 Å². The lowest BCUT2D eigenvalue weighted by Crippen LogP contribution is -1.94. The van der Waals surface area contributed by atoms with E-state index >= 15 is 0 Å². The third-order valence-electron chi connectivity index (χ3n) is 2.57. The molecule has 0 radical (unpaired) electrons. The lowest BCUT2D eigenvalue weighted by Gasteiger charge is -2.12. The zero-order valence-corrected chi connectivity index (χ0v) is 9.09. The Hall–Kier alpha value is -1.80. The average Bonchev–Trinajstić information content (AvgIpc) is 2.29. The van der Waals surface area contributed by atoms with Gasteiger partial charge in [-0.05, 0) is 35.7 Å². The van der Waals surface area contributed by atoms with E-state index in [1.54, 1.807) is 25.1 Å². The highest BCUT2D eigenvalue weighted by Gasteiger charge is 2.08. The van der Waals surface area contributed by atoms with Gasteiger partial charge < -0.3 is 10.2 Å². The molecule has 2 N–H and O–H groups in total. The Morgan fingerprint density at radius 2 is 1.75 bits per heavy atom. The van der Waals surface area contributed by atoms with Crippen LogP contribution in [-0.2, 0) is 0 Å². The first-order valence-corrected chi connectivity index (χ1v) is 5.25. The summed E-state index contributed by atoms with van der Waals surface area (Å²) >= 11 is 0. The summed E-state index contributed by atoms with van der Waals surface area (Å²) in [5.41, 5.74) is 2.73. The lowest BCUT2D eigenvalue weighted by atomic mass is 9.97. The van der Waals surface area contributed by atoms with E-state index < -0.39 is 6.10 Å². The number of rotatable bonds is 2. The molecule has 0 aromatic heterocycles. The molecule has 0 bridgehead atoms.